The van der Waals surface area contributed by atoms with Crippen molar-refractivity contribution in [3.8, 4) is 0 Å². The van der Waals surface area contributed by atoms with Crippen LogP contribution in [0.2, 0.25) is 0 Å². The Morgan fingerprint density at radius 3 is 2.47 bits per heavy atom. The summed E-state index contributed by atoms with van der Waals surface area (Å²) in [5.74, 6) is 1.25. The summed E-state index contributed by atoms with van der Waals surface area (Å²) in [4.78, 5) is 4.51. The van der Waals surface area contributed by atoms with Gasteiger partial charge in [-0.15, -0.1) is 0 Å². The van der Waals surface area contributed by atoms with E-state index in [1.165, 1.54) is 5.56 Å². The lowest BCUT2D eigenvalue weighted by Crippen LogP contribution is -2.05. The lowest BCUT2D eigenvalue weighted by molar-refractivity contribution is 0.263. The van der Waals surface area contributed by atoms with Gasteiger partial charge in [-0.25, -0.2) is 4.98 Å². The van der Waals surface area contributed by atoms with Crippen molar-refractivity contribution in [1.29, 1.82) is 0 Å². The SMILES string of the molecule is CC(C)c1ccc2c(c1)nc(CO)n2C(C)C. The van der Waals surface area contributed by atoms with Gasteiger partial charge in [-0.3, -0.25) is 0 Å². The number of fused-ring (bicyclic) bond motifs is 1. The van der Waals surface area contributed by atoms with Crippen LogP contribution in [-0.2, 0) is 6.61 Å². The van der Waals surface area contributed by atoms with Gasteiger partial charge in [0.05, 0.1) is 11.0 Å². The van der Waals surface area contributed by atoms with Crippen LogP contribution in [0.25, 0.3) is 11.0 Å². The van der Waals surface area contributed by atoms with Crippen molar-refractivity contribution in [2.24, 2.45) is 0 Å². The first-order valence-electron chi connectivity index (χ1n) is 6.16. The average Bonchev–Trinajstić information content (AvgIpc) is 2.65. The van der Waals surface area contributed by atoms with Crippen molar-refractivity contribution in [2.75, 3.05) is 0 Å². The summed E-state index contributed by atoms with van der Waals surface area (Å²) in [6.45, 7) is 8.55. The maximum atomic E-state index is 9.36. The van der Waals surface area contributed by atoms with Crippen molar-refractivity contribution < 1.29 is 5.11 Å². The van der Waals surface area contributed by atoms with Crippen molar-refractivity contribution >= 4 is 11.0 Å². The summed E-state index contributed by atoms with van der Waals surface area (Å²) in [6.07, 6.45) is 0. The second kappa shape index (κ2) is 4.49. The van der Waals surface area contributed by atoms with Crippen LogP contribution >= 0.6 is 0 Å². The number of hydrogen-bond donors (Lipinski definition) is 1. The van der Waals surface area contributed by atoms with Gasteiger partial charge in [-0.2, -0.15) is 0 Å². The van der Waals surface area contributed by atoms with Crippen LogP contribution in [0, 0.1) is 0 Å². The van der Waals surface area contributed by atoms with Gasteiger partial charge in [-0.05, 0) is 37.5 Å². The standard InChI is InChI=1S/C14H20N2O/c1-9(2)11-5-6-13-12(7-11)15-14(8-17)16(13)10(3)4/h5-7,9-10,17H,8H2,1-4H3. The molecule has 0 aliphatic carbocycles. The molecule has 3 heteroatoms. The van der Waals surface area contributed by atoms with Crippen molar-refractivity contribution in [3.05, 3.63) is 29.6 Å². The molecule has 3 nitrogen and oxygen atoms in total. The molecule has 92 valence electrons. The fraction of sp³-hybridized carbons (Fsp3) is 0.500. The Morgan fingerprint density at radius 1 is 1.24 bits per heavy atom. The molecule has 2 rings (SSSR count). The second-order valence-corrected chi connectivity index (χ2v) is 5.05. The highest BCUT2D eigenvalue weighted by Crippen LogP contribution is 2.25. The molecular weight excluding hydrogens is 212 g/mol. The van der Waals surface area contributed by atoms with Gasteiger partial charge in [0.25, 0.3) is 0 Å². The number of aromatic nitrogens is 2. The van der Waals surface area contributed by atoms with Crippen molar-refractivity contribution in [1.82, 2.24) is 9.55 Å². The van der Waals surface area contributed by atoms with Crippen LogP contribution in [-0.4, -0.2) is 14.7 Å². The fourth-order valence-electron chi connectivity index (χ4n) is 2.21. The minimum atomic E-state index is -0.0100. The predicted molar refractivity (Wildman–Crippen MR) is 70.1 cm³/mol. The third kappa shape index (κ3) is 2.07. The Kier molecular flexibility index (Phi) is 3.20. The van der Waals surface area contributed by atoms with E-state index in [0.717, 1.165) is 16.9 Å². The van der Waals surface area contributed by atoms with E-state index in [9.17, 15) is 5.11 Å². The van der Waals surface area contributed by atoms with Crippen LogP contribution in [0.1, 0.15) is 51.0 Å². The Bertz CT molecular complexity index is 526. The fourth-order valence-corrected chi connectivity index (χ4v) is 2.21. The highest BCUT2D eigenvalue weighted by Gasteiger charge is 2.13. The summed E-state index contributed by atoms with van der Waals surface area (Å²) < 4.78 is 2.10. The van der Waals surface area contributed by atoms with Gasteiger partial charge in [0, 0.05) is 6.04 Å². The number of imidazole rings is 1. The van der Waals surface area contributed by atoms with Crippen LogP contribution in [0.4, 0.5) is 0 Å². The summed E-state index contributed by atoms with van der Waals surface area (Å²) in [7, 11) is 0. The van der Waals surface area contributed by atoms with Gasteiger partial charge in [0.1, 0.15) is 12.4 Å². The summed E-state index contributed by atoms with van der Waals surface area (Å²) in [5, 5.41) is 9.36. The molecule has 2 aromatic rings. The van der Waals surface area contributed by atoms with Crippen LogP contribution in [0.3, 0.4) is 0 Å². The second-order valence-electron chi connectivity index (χ2n) is 5.05. The van der Waals surface area contributed by atoms with Crippen molar-refractivity contribution in [3.63, 3.8) is 0 Å². The zero-order chi connectivity index (χ0) is 12.6. The molecule has 0 aliphatic rings. The van der Waals surface area contributed by atoms with Gasteiger partial charge in [0.2, 0.25) is 0 Å². The van der Waals surface area contributed by atoms with E-state index in [0.29, 0.717) is 12.0 Å². The van der Waals surface area contributed by atoms with E-state index in [4.69, 9.17) is 0 Å². The Morgan fingerprint density at radius 2 is 1.94 bits per heavy atom. The molecule has 0 aliphatic heterocycles. The number of benzene rings is 1. The van der Waals surface area contributed by atoms with Gasteiger partial charge < -0.3 is 9.67 Å². The van der Waals surface area contributed by atoms with E-state index in [2.05, 4.69) is 55.4 Å². The third-order valence-corrected chi connectivity index (χ3v) is 3.11. The highest BCUT2D eigenvalue weighted by molar-refractivity contribution is 5.77. The average molecular weight is 232 g/mol. The molecular formula is C14H20N2O. The van der Waals surface area contributed by atoms with Gasteiger partial charge >= 0.3 is 0 Å². The van der Waals surface area contributed by atoms with E-state index in [-0.39, 0.29) is 6.61 Å². The quantitative estimate of drug-likeness (QED) is 0.882. The molecule has 0 saturated heterocycles. The first-order valence-corrected chi connectivity index (χ1v) is 6.16. The maximum absolute atomic E-state index is 9.36. The smallest absolute Gasteiger partial charge is 0.135 e. The van der Waals surface area contributed by atoms with E-state index in [1.807, 2.05) is 0 Å². The number of hydrogen-bond acceptors (Lipinski definition) is 2. The topological polar surface area (TPSA) is 38.1 Å². The molecule has 1 heterocycles. The predicted octanol–water partition coefficient (Wildman–Crippen LogP) is 3.23. The molecule has 17 heavy (non-hydrogen) atoms. The monoisotopic (exact) mass is 232 g/mol. The molecule has 0 radical (unpaired) electrons. The van der Waals surface area contributed by atoms with E-state index in [1.54, 1.807) is 0 Å². The minimum absolute atomic E-state index is 0.0100. The zero-order valence-electron chi connectivity index (χ0n) is 10.9. The molecule has 0 amide bonds. The summed E-state index contributed by atoms with van der Waals surface area (Å²) in [5.41, 5.74) is 3.37. The normalized spacial score (nSPS) is 11.9. The first kappa shape index (κ1) is 12.1. The van der Waals surface area contributed by atoms with Crippen LogP contribution in [0.15, 0.2) is 18.2 Å². The maximum Gasteiger partial charge on any atom is 0.135 e. The molecule has 0 fully saturated rings. The Labute approximate surface area is 102 Å². The minimum Gasteiger partial charge on any atom is -0.388 e. The lowest BCUT2D eigenvalue weighted by atomic mass is 10.0. The summed E-state index contributed by atoms with van der Waals surface area (Å²) in [6, 6.07) is 6.69. The number of rotatable bonds is 3. The van der Waals surface area contributed by atoms with E-state index >= 15 is 0 Å². The summed E-state index contributed by atoms with van der Waals surface area (Å²) >= 11 is 0. The molecule has 0 atom stereocenters. The third-order valence-electron chi connectivity index (χ3n) is 3.11. The van der Waals surface area contributed by atoms with Crippen LogP contribution in [0.5, 0.6) is 0 Å². The number of aliphatic hydroxyl groups is 1. The molecule has 1 aromatic heterocycles. The molecule has 1 N–H and O–H groups in total. The van der Waals surface area contributed by atoms with Crippen LogP contribution < -0.4 is 0 Å². The Hall–Kier alpha value is -1.35. The highest BCUT2D eigenvalue weighted by atomic mass is 16.3. The lowest BCUT2D eigenvalue weighted by Gasteiger charge is -2.12. The van der Waals surface area contributed by atoms with Crippen molar-refractivity contribution in [2.45, 2.75) is 46.3 Å². The zero-order valence-corrected chi connectivity index (χ0v) is 10.9. The van der Waals surface area contributed by atoms with Gasteiger partial charge in [-0.1, -0.05) is 19.9 Å². The first-order chi connectivity index (χ1) is 8.04. The molecule has 0 spiro atoms. The number of nitrogens with zero attached hydrogens (tertiary/aromatic N) is 2. The molecule has 0 unspecified atom stereocenters. The largest absolute Gasteiger partial charge is 0.388 e. The molecule has 0 bridgehead atoms. The van der Waals surface area contributed by atoms with E-state index < -0.39 is 0 Å². The number of aliphatic hydroxyl groups excluding tert-OH is 1. The molecule has 0 saturated carbocycles. The Balaban J connectivity index is 2.65. The molecule has 1 aromatic carbocycles. The van der Waals surface area contributed by atoms with Gasteiger partial charge in [0.15, 0.2) is 0 Å².